The van der Waals surface area contributed by atoms with Gasteiger partial charge in [0.15, 0.2) is 0 Å². The van der Waals surface area contributed by atoms with E-state index in [0.29, 0.717) is 0 Å². The molecule has 5 heteroatoms. The molecule has 54 heavy (non-hydrogen) atoms. The molecule has 0 aliphatic heterocycles. The van der Waals surface area contributed by atoms with Gasteiger partial charge in [0, 0.05) is 62.8 Å². The smallest absolute Gasteiger partial charge is 0.124 e. The van der Waals surface area contributed by atoms with Crippen LogP contribution < -0.4 is 4.90 Å². The second kappa shape index (κ2) is 12.8. The molecule has 0 atom stereocenters. The van der Waals surface area contributed by atoms with E-state index in [1.54, 1.807) is 11.3 Å². The predicted molar refractivity (Wildman–Crippen MR) is 236 cm³/mol. The minimum absolute atomic E-state index is 1.06. The lowest BCUT2D eigenvalue weighted by molar-refractivity contribution is 1.29. The third-order valence-corrected chi connectivity index (χ3v) is 13.7. The summed E-state index contributed by atoms with van der Waals surface area (Å²) in [5.74, 6) is 0. The molecule has 11 rings (SSSR count). The average Bonchev–Trinajstić information content (AvgIpc) is 3.95. The van der Waals surface area contributed by atoms with Crippen molar-refractivity contribution in [1.82, 2.24) is 4.98 Å². The molecule has 8 aromatic carbocycles. The van der Waals surface area contributed by atoms with Gasteiger partial charge in [-0.05, 0) is 77.4 Å². The molecule has 0 amide bonds. The topological polar surface area (TPSA) is 16.1 Å². The summed E-state index contributed by atoms with van der Waals surface area (Å²) in [6.07, 6.45) is 0. The largest absolute Gasteiger partial charge is 0.310 e. The molecule has 254 valence electrons. The van der Waals surface area contributed by atoms with Gasteiger partial charge in [0.25, 0.3) is 0 Å². The molecule has 0 spiro atoms. The molecule has 0 fully saturated rings. The number of anilines is 3. The van der Waals surface area contributed by atoms with Crippen molar-refractivity contribution in [3.8, 4) is 32.8 Å². The number of fused-ring (bicyclic) bond motifs is 8. The number of thiophene rings is 2. The van der Waals surface area contributed by atoms with E-state index in [2.05, 4.69) is 187 Å². The highest BCUT2D eigenvalue weighted by Crippen LogP contribution is 2.45. The lowest BCUT2D eigenvalue weighted by Crippen LogP contribution is -2.11. The van der Waals surface area contributed by atoms with Crippen LogP contribution in [0.15, 0.2) is 182 Å². The molecular formula is C49H30N2S3. The Morgan fingerprint density at radius 3 is 1.85 bits per heavy atom. The molecule has 0 N–H and O–H groups in total. The molecule has 2 nitrogen and oxygen atoms in total. The summed E-state index contributed by atoms with van der Waals surface area (Å²) >= 11 is 5.47. The van der Waals surface area contributed by atoms with Crippen LogP contribution >= 0.6 is 34.0 Å². The Morgan fingerprint density at radius 2 is 1.00 bits per heavy atom. The summed E-state index contributed by atoms with van der Waals surface area (Å²) < 4.78 is 6.38. The van der Waals surface area contributed by atoms with Crippen LogP contribution in [0.5, 0.6) is 0 Å². The van der Waals surface area contributed by atoms with Crippen molar-refractivity contribution in [3.05, 3.63) is 182 Å². The number of hydrogen-bond acceptors (Lipinski definition) is 5. The van der Waals surface area contributed by atoms with E-state index in [-0.39, 0.29) is 0 Å². The van der Waals surface area contributed by atoms with Crippen molar-refractivity contribution in [2.45, 2.75) is 0 Å². The van der Waals surface area contributed by atoms with Crippen molar-refractivity contribution >= 4 is 102 Å². The normalized spacial score (nSPS) is 11.7. The number of para-hydroxylation sites is 1. The van der Waals surface area contributed by atoms with Crippen LogP contribution in [0, 0.1) is 0 Å². The lowest BCUT2D eigenvalue weighted by atomic mass is 10.00. The van der Waals surface area contributed by atoms with Gasteiger partial charge in [0.1, 0.15) is 5.01 Å². The Balaban J connectivity index is 1.03. The Labute approximate surface area is 324 Å². The molecule has 0 saturated heterocycles. The van der Waals surface area contributed by atoms with Crippen LogP contribution in [-0.2, 0) is 0 Å². The first-order chi connectivity index (χ1) is 26.7. The van der Waals surface area contributed by atoms with Crippen molar-refractivity contribution in [1.29, 1.82) is 0 Å². The number of rotatable bonds is 6. The minimum atomic E-state index is 1.06. The molecule has 0 bridgehead atoms. The third kappa shape index (κ3) is 5.24. The van der Waals surface area contributed by atoms with Gasteiger partial charge in [-0.3, -0.25) is 0 Å². The van der Waals surface area contributed by atoms with E-state index in [1.165, 1.54) is 67.3 Å². The number of aromatic nitrogens is 1. The standard InChI is InChI=1S/C49H30N2S3/c1-3-11-32(12-4-1)37-15-7-9-17-41(37)51(36-24-25-39-38-16-8-10-18-42(38)53-46(39)30-36)35-22-19-31(20-23-35)34-21-26-43-40(29-34)47-44(52-43)27-28-45-48(47)50-49(54-45)33-13-5-2-6-14-33/h1-30H. The van der Waals surface area contributed by atoms with Gasteiger partial charge in [-0.15, -0.1) is 34.0 Å². The maximum absolute atomic E-state index is 5.20. The molecule has 11 aromatic rings. The molecule has 0 unspecified atom stereocenters. The molecule has 3 aromatic heterocycles. The van der Waals surface area contributed by atoms with Gasteiger partial charge in [0.05, 0.1) is 15.9 Å². The number of thiazole rings is 1. The second-order valence-corrected chi connectivity index (χ2v) is 16.7. The van der Waals surface area contributed by atoms with Crippen molar-refractivity contribution in [2.75, 3.05) is 4.90 Å². The molecular weight excluding hydrogens is 713 g/mol. The molecule has 0 aliphatic rings. The maximum Gasteiger partial charge on any atom is 0.124 e. The fourth-order valence-corrected chi connectivity index (χ4v) is 11.0. The summed E-state index contributed by atoms with van der Waals surface area (Å²) in [5.41, 5.74) is 10.4. The van der Waals surface area contributed by atoms with Crippen LogP contribution in [0.1, 0.15) is 0 Å². The van der Waals surface area contributed by atoms with Crippen LogP contribution in [0.25, 0.3) is 83.4 Å². The number of hydrogen-bond donors (Lipinski definition) is 0. The summed E-state index contributed by atoms with van der Waals surface area (Å²) in [7, 11) is 0. The Hall–Kier alpha value is -6.11. The quantitative estimate of drug-likeness (QED) is 0.169. The van der Waals surface area contributed by atoms with Crippen LogP contribution in [-0.4, -0.2) is 4.98 Å². The zero-order chi connectivity index (χ0) is 35.6. The number of nitrogens with zero attached hydrogens (tertiary/aromatic N) is 2. The molecule has 3 heterocycles. The Morgan fingerprint density at radius 1 is 0.370 bits per heavy atom. The highest BCUT2D eigenvalue weighted by atomic mass is 32.1. The molecule has 0 aliphatic carbocycles. The summed E-state index contributed by atoms with van der Waals surface area (Å²) in [6.45, 7) is 0. The van der Waals surface area contributed by atoms with Crippen LogP contribution in [0.3, 0.4) is 0 Å². The SMILES string of the molecule is c1ccc(-c2nc3c(ccc4sc5ccc(-c6ccc(N(c7ccc8c(c7)sc7ccccc78)c7ccccc7-c7ccccc7)cc6)cc5c43)s2)cc1. The van der Waals surface area contributed by atoms with Crippen molar-refractivity contribution in [2.24, 2.45) is 0 Å². The van der Waals surface area contributed by atoms with Crippen LogP contribution in [0.2, 0.25) is 0 Å². The summed E-state index contributed by atoms with van der Waals surface area (Å²) in [6, 6.07) is 66.1. The van der Waals surface area contributed by atoms with E-state index in [4.69, 9.17) is 4.98 Å². The highest BCUT2D eigenvalue weighted by molar-refractivity contribution is 7.26. The van der Waals surface area contributed by atoms with E-state index < -0.39 is 0 Å². The minimum Gasteiger partial charge on any atom is -0.310 e. The zero-order valence-electron chi connectivity index (χ0n) is 28.9. The van der Waals surface area contributed by atoms with Gasteiger partial charge in [0.2, 0.25) is 0 Å². The van der Waals surface area contributed by atoms with Crippen molar-refractivity contribution in [3.63, 3.8) is 0 Å². The number of benzene rings is 8. The first kappa shape index (κ1) is 31.4. The monoisotopic (exact) mass is 742 g/mol. The van der Waals surface area contributed by atoms with E-state index in [9.17, 15) is 0 Å². The Bertz CT molecular complexity index is 3160. The van der Waals surface area contributed by atoms with Gasteiger partial charge in [-0.2, -0.15) is 0 Å². The van der Waals surface area contributed by atoms with Gasteiger partial charge >= 0.3 is 0 Å². The van der Waals surface area contributed by atoms with Gasteiger partial charge < -0.3 is 4.90 Å². The fourth-order valence-electron chi connectivity index (χ4n) is 7.75. The second-order valence-electron chi connectivity index (χ2n) is 13.5. The first-order valence-electron chi connectivity index (χ1n) is 18.0. The molecule has 0 radical (unpaired) electrons. The first-order valence-corrected chi connectivity index (χ1v) is 20.5. The molecule has 0 saturated carbocycles. The van der Waals surface area contributed by atoms with E-state index in [0.717, 1.165) is 33.1 Å². The van der Waals surface area contributed by atoms with E-state index >= 15 is 0 Å². The lowest BCUT2D eigenvalue weighted by Gasteiger charge is -2.28. The summed E-state index contributed by atoms with van der Waals surface area (Å²) in [5, 5.41) is 6.20. The van der Waals surface area contributed by atoms with Crippen LogP contribution in [0.4, 0.5) is 17.1 Å². The summed E-state index contributed by atoms with van der Waals surface area (Å²) in [4.78, 5) is 7.62. The maximum atomic E-state index is 5.20. The Kier molecular flexibility index (Phi) is 7.44. The fraction of sp³-hybridized carbons (Fsp3) is 0. The van der Waals surface area contributed by atoms with Gasteiger partial charge in [-0.1, -0.05) is 121 Å². The highest BCUT2D eigenvalue weighted by Gasteiger charge is 2.19. The van der Waals surface area contributed by atoms with Gasteiger partial charge in [-0.25, -0.2) is 4.98 Å². The zero-order valence-corrected chi connectivity index (χ0v) is 31.4. The third-order valence-electron chi connectivity index (χ3n) is 10.3. The van der Waals surface area contributed by atoms with Crippen molar-refractivity contribution < 1.29 is 0 Å². The predicted octanol–water partition coefficient (Wildman–Crippen LogP) is 15.5. The van der Waals surface area contributed by atoms with E-state index in [1.807, 2.05) is 22.7 Å². The average molecular weight is 743 g/mol.